The first kappa shape index (κ1) is 16.1. The average molecular weight is 338 g/mol. The summed E-state index contributed by atoms with van der Waals surface area (Å²) in [6.45, 7) is 0. The zero-order chi connectivity index (χ0) is 17.8. The molecular weight excluding hydrogens is 320 g/mol. The predicted molar refractivity (Wildman–Crippen MR) is 106 cm³/mol. The zero-order valence-electron chi connectivity index (χ0n) is 14.2. The second-order valence-corrected chi connectivity index (χ2v) is 6.05. The minimum absolute atomic E-state index is 0.440. The Morgan fingerprint density at radius 2 is 0.923 bits per heavy atom. The van der Waals surface area contributed by atoms with Crippen LogP contribution in [-0.2, 0) is 0 Å². The molecule has 4 rings (SSSR count). The van der Waals surface area contributed by atoms with E-state index in [1.807, 2.05) is 78.9 Å². The molecule has 4 aromatic carbocycles. The number of rotatable bonds is 4. The Bertz CT molecular complexity index is 994. The minimum Gasteiger partial charge on any atom is -0.340 e. The molecule has 0 spiro atoms. The summed E-state index contributed by atoms with van der Waals surface area (Å²) < 4.78 is 0. The summed E-state index contributed by atoms with van der Waals surface area (Å²) in [7, 11) is 0. The quantitative estimate of drug-likeness (QED) is 0.338. The monoisotopic (exact) mass is 338 g/mol. The lowest BCUT2D eigenvalue weighted by Gasteiger charge is -2.18. The van der Waals surface area contributed by atoms with Crippen molar-refractivity contribution in [1.82, 2.24) is 0 Å². The Morgan fingerprint density at radius 1 is 0.462 bits per heavy atom. The maximum absolute atomic E-state index is 9.51. The van der Waals surface area contributed by atoms with Gasteiger partial charge in [-0.1, -0.05) is 91.0 Å². The molecule has 126 valence electrons. The first-order valence-corrected chi connectivity index (χ1v) is 8.53. The molecule has 0 atom stereocenters. The van der Waals surface area contributed by atoms with Crippen LogP contribution in [0.3, 0.4) is 0 Å². The van der Waals surface area contributed by atoms with Crippen LogP contribution in [0.2, 0.25) is 0 Å². The van der Waals surface area contributed by atoms with Crippen molar-refractivity contribution >= 4 is 0 Å². The molecule has 0 aliphatic carbocycles. The number of benzene rings is 4. The highest BCUT2D eigenvalue weighted by Crippen LogP contribution is 2.44. The van der Waals surface area contributed by atoms with E-state index in [9.17, 15) is 5.26 Å². The van der Waals surface area contributed by atoms with Gasteiger partial charge >= 0.3 is 0 Å². The van der Waals surface area contributed by atoms with Crippen molar-refractivity contribution in [2.24, 2.45) is 0 Å². The summed E-state index contributed by atoms with van der Waals surface area (Å²) in [6, 6.07) is 34.3. The van der Waals surface area contributed by atoms with E-state index in [1.54, 1.807) is 0 Å². The van der Waals surface area contributed by atoms with Crippen molar-refractivity contribution in [2.75, 3.05) is 0 Å². The fourth-order valence-corrected chi connectivity index (χ4v) is 3.31. The Morgan fingerprint density at radius 3 is 1.42 bits per heavy atom. The maximum atomic E-state index is 9.51. The first-order chi connectivity index (χ1) is 12.9. The van der Waals surface area contributed by atoms with Gasteiger partial charge in [0.05, 0.1) is 0 Å². The molecule has 0 heterocycles. The molecule has 0 aliphatic heterocycles. The van der Waals surface area contributed by atoms with E-state index in [1.165, 1.54) is 0 Å². The zero-order valence-corrected chi connectivity index (χ0v) is 14.2. The van der Waals surface area contributed by atoms with Crippen LogP contribution in [0.5, 0.6) is 5.75 Å². The van der Waals surface area contributed by atoms with Crippen molar-refractivity contribution in [3.63, 3.8) is 0 Å². The first-order valence-electron chi connectivity index (χ1n) is 8.53. The van der Waals surface area contributed by atoms with Crippen molar-refractivity contribution < 1.29 is 10.1 Å². The highest BCUT2D eigenvalue weighted by Gasteiger charge is 2.19. The Hall–Kier alpha value is -3.36. The molecule has 0 aromatic heterocycles. The minimum atomic E-state index is 0.440. The van der Waals surface area contributed by atoms with Gasteiger partial charge in [-0.25, -0.2) is 5.26 Å². The third-order valence-electron chi connectivity index (χ3n) is 4.48. The fourth-order valence-electron chi connectivity index (χ4n) is 3.31. The van der Waals surface area contributed by atoms with Crippen LogP contribution in [0.4, 0.5) is 0 Å². The summed E-state index contributed by atoms with van der Waals surface area (Å²) in [4.78, 5) is 4.75. The number of hydrogen-bond acceptors (Lipinski definition) is 2. The van der Waals surface area contributed by atoms with Crippen molar-refractivity contribution in [1.29, 1.82) is 0 Å². The van der Waals surface area contributed by atoms with Crippen LogP contribution in [0.25, 0.3) is 33.4 Å². The molecule has 4 aromatic rings. The molecule has 0 bridgehead atoms. The Kier molecular flexibility index (Phi) is 4.50. The molecule has 2 heteroatoms. The molecule has 0 fully saturated rings. The molecule has 0 unspecified atom stereocenters. The lowest BCUT2D eigenvalue weighted by atomic mass is 9.87. The molecule has 0 aliphatic rings. The SMILES string of the molecule is OOc1ccc(-c2ccccc2)c(-c2ccccc2)c1-c1ccccc1. The van der Waals surface area contributed by atoms with Gasteiger partial charge in [0.15, 0.2) is 5.75 Å². The fraction of sp³-hybridized carbons (Fsp3) is 0. The lowest BCUT2D eigenvalue weighted by Crippen LogP contribution is -1.95. The molecular formula is C24H18O2. The normalized spacial score (nSPS) is 10.5. The summed E-state index contributed by atoms with van der Waals surface area (Å²) >= 11 is 0. The summed E-state index contributed by atoms with van der Waals surface area (Å²) in [5.74, 6) is 0.440. The molecule has 0 amide bonds. The van der Waals surface area contributed by atoms with Gasteiger partial charge in [0.25, 0.3) is 0 Å². The van der Waals surface area contributed by atoms with Gasteiger partial charge in [-0.15, -0.1) is 0 Å². The van der Waals surface area contributed by atoms with E-state index in [-0.39, 0.29) is 0 Å². The third-order valence-corrected chi connectivity index (χ3v) is 4.48. The van der Waals surface area contributed by atoms with Crippen molar-refractivity contribution in [2.45, 2.75) is 0 Å². The molecule has 0 saturated carbocycles. The van der Waals surface area contributed by atoms with Gasteiger partial charge in [-0.3, -0.25) is 0 Å². The smallest absolute Gasteiger partial charge is 0.173 e. The Balaban J connectivity index is 2.09. The topological polar surface area (TPSA) is 29.5 Å². The third kappa shape index (κ3) is 2.99. The molecule has 0 saturated heterocycles. The van der Waals surface area contributed by atoms with E-state index in [0.29, 0.717) is 5.75 Å². The van der Waals surface area contributed by atoms with E-state index in [2.05, 4.69) is 24.3 Å². The second kappa shape index (κ2) is 7.26. The van der Waals surface area contributed by atoms with Crippen LogP contribution in [0, 0.1) is 0 Å². The number of hydrogen-bond donors (Lipinski definition) is 1. The lowest BCUT2D eigenvalue weighted by molar-refractivity contribution is -0.137. The van der Waals surface area contributed by atoms with E-state index in [4.69, 9.17) is 4.89 Å². The van der Waals surface area contributed by atoms with Crippen LogP contribution in [0.15, 0.2) is 103 Å². The second-order valence-electron chi connectivity index (χ2n) is 6.05. The van der Waals surface area contributed by atoms with Gasteiger partial charge in [0.2, 0.25) is 0 Å². The molecule has 1 N–H and O–H groups in total. The highest BCUT2D eigenvalue weighted by molar-refractivity contribution is 5.97. The molecule has 0 radical (unpaired) electrons. The van der Waals surface area contributed by atoms with Gasteiger partial charge in [0.1, 0.15) is 0 Å². The van der Waals surface area contributed by atoms with Crippen LogP contribution < -0.4 is 4.89 Å². The van der Waals surface area contributed by atoms with E-state index in [0.717, 1.165) is 33.4 Å². The molecule has 26 heavy (non-hydrogen) atoms. The average Bonchev–Trinajstić information content (AvgIpc) is 2.74. The molecule has 2 nitrogen and oxygen atoms in total. The van der Waals surface area contributed by atoms with E-state index < -0.39 is 0 Å². The summed E-state index contributed by atoms with van der Waals surface area (Å²) in [5.41, 5.74) is 6.19. The Labute approximate surface area is 152 Å². The summed E-state index contributed by atoms with van der Waals surface area (Å²) in [5, 5.41) is 9.51. The highest BCUT2D eigenvalue weighted by atomic mass is 17.1. The van der Waals surface area contributed by atoms with Crippen molar-refractivity contribution in [3.8, 4) is 39.1 Å². The van der Waals surface area contributed by atoms with Gasteiger partial charge in [-0.05, 0) is 34.4 Å². The van der Waals surface area contributed by atoms with Crippen molar-refractivity contribution in [3.05, 3.63) is 103 Å². The van der Waals surface area contributed by atoms with Gasteiger partial charge in [0, 0.05) is 11.1 Å². The predicted octanol–water partition coefficient (Wildman–Crippen LogP) is 6.54. The van der Waals surface area contributed by atoms with Crippen LogP contribution >= 0.6 is 0 Å². The van der Waals surface area contributed by atoms with Gasteiger partial charge in [-0.2, -0.15) is 0 Å². The van der Waals surface area contributed by atoms with E-state index >= 15 is 0 Å². The van der Waals surface area contributed by atoms with Crippen LogP contribution in [0.1, 0.15) is 0 Å². The summed E-state index contributed by atoms with van der Waals surface area (Å²) in [6.07, 6.45) is 0. The largest absolute Gasteiger partial charge is 0.340 e. The maximum Gasteiger partial charge on any atom is 0.173 e. The van der Waals surface area contributed by atoms with Gasteiger partial charge < -0.3 is 4.89 Å². The van der Waals surface area contributed by atoms with Crippen LogP contribution in [-0.4, -0.2) is 5.26 Å². The standard InChI is InChI=1S/C24H18O2/c25-26-22-17-16-21(18-10-4-1-5-11-18)23(19-12-6-2-7-13-19)24(22)20-14-8-3-9-15-20/h1-17,25H.